The van der Waals surface area contributed by atoms with Crippen molar-refractivity contribution in [3.8, 4) is 0 Å². The van der Waals surface area contributed by atoms with Gasteiger partial charge < -0.3 is 15.5 Å². The fourth-order valence-corrected chi connectivity index (χ4v) is 1.69. The first-order valence-corrected chi connectivity index (χ1v) is 5.12. The minimum absolute atomic E-state index is 0.0716. The zero-order valence-electron chi connectivity index (χ0n) is 8.77. The van der Waals surface area contributed by atoms with E-state index in [1.54, 1.807) is 17.0 Å². The predicted octanol–water partition coefficient (Wildman–Crippen LogP) is 0.191. The molecule has 0 saturated carbocycles. The summed E-state index contributed by atoms with van der Waals surface area (Å²) in [5, 5.41) is 5.57. The fourth-order valence-electron chi connectivity index (χ4n) is 1.69. The number of hydrogen-bond acceptors (Lipinski definition) is 3. The van der Waals surface area contributed by atoms with Crippen molar-refractivity contribution in [3.05, 3.63) is 24.3 Å². The van der Waals surface area contributed by atoms with Crippen LogP contribution in [0.1, 0.15) is 0 Å². The smallest absolute Gasteiger partial charge is 0.240 e. The number of hydrogen-bond donors (Lipinski definition) is 2. The van der Waals surface area contributed by atoms with Crippen molar-refractivity contribution in [2.24, 2.45) is 0 Å². The van der Waals surface area contributed by atoms with Gasteiger partial charge in [-0.25, -0.2) is 0 Å². The highest BCUT2D eigenvalue weighted by molar-refractivity contribution is 5.95. The molecule has 5 heteroatoms. The summed E-state index contributed by atoms with van der Waals surface area (Å²) in [5.74, 6) is 0.0716. The number of anilines is 2. The topological polar surface area (TPSA) is 61.4 Å². The van der Waals surface area contributed by atoms with E-state index in [0.717, 1.165) is 17.9 Å². The summed E-state index contributed by atoms with van der Waals surface area (Å²) in [6, 6.07) is 7.21. The predicted molar refractivity (Wildman–Crippen MR) is 61.4 cm³/mol. The van der Waals surface area contributed by atoms with Gasteiger partial charge in [0.1, 0.15) is 0 Å². The molecule has 1 fully saturated rings. The van der Waals surface area contributed by atoms with E-state index in [-0.39, 0.29) is 5.91 Å². The van der Waals surface area contributed by atoms with Gasteiger partial charge in [0.05, 0.1) is 6.54 Å². The molecule has 5 nitrogen and oxygen atoms in total. The molecule has 0 unspecified atom stereocenters. The average molecular weight is 219 g/mol. The lowest BCUT2D eigenvalue weighted by Gasteiger charge is -2.27. The van der Waals surface area contributed by atoms with Gasteiger partial charge in [-0.1, -0.05) is 0 Å². The molecular formula is C11H13N3O2. The number of piperazine rings is 1. The summed E-state index contributed by atoms with van der Waals surface area (Å²) in [7, 11) is 0. The SMILES string of the molecule is O=CNc1ccc(N2CCNCC2=O)cc1. The van der Waals surface area contributed by atoms with Crippen molar-refractivity contribution in [1.82, 2.24) is 5.32 Å². The van der Waals surface area contributed by atoms with Crippen molar-refractivity contribution < 1.29 is 9.59 Å². The third-order valence-electron chi connectivity index (χ3n) is 2.49. The maximum atomic E-state index is 11.6. The van der Waals surface area contributed by atoms with Crippen LogP contribution in [0.5, 0.6) is 0 Å². The molecule has 1 aromatic rings. The molecule has 0 radical (unpaired) electrons. The number of carbonyl (C=O) groups excluding carboxylic acids is 2. The molecule has 2 rings (SSSR count). The van der Waals surface area contributed by atoms with Gasteiger partial charge in [-0.15, -0.1) is 0 Å². The lowest BCUT2D eigenvalue weighted by atomic mass is 10.2. The van der Waals surface area contributed by atoms with E-state index < -0.39 is 0 Å². The molecule has 0 atom stereocenters. The molecule has 0 aromatic heterocycles. The van der Waals surface area contributed by atoms with Crippen LogP contribution in [0, 0.1) is 0 Å². The van der Waals surface area contributed by atoms with Crippen LogP contribution in [-0.2, 0) is 9.59 Å². The van der Waals surface area contributed by atoms with Gasteiger partial charge in [0.25, 0.3) is 0 Å². The summed E-state index contributed by atoms with van der Waals surface area (Å²) < 4.78 is 0. The van der Waals surface area contributed by atoms with Crippen molar-refractivity contribution in [2.45, 2.75) is 0 Å². The van der Waals surface area contributed by atoms with Gasteiger partial charge in [0, 0.05) is 24.5 Å². The van der Waals surface area contributed by atoms with Crippen LogP contribution in [-0.4, -0.2) is 32.0 Å². The number of benzene rings is 1. The molecule has 1 aliphatic heterocycles. The lowest BCUT2D eigenvalue weighted by Crippen LogP contribution is -2.48. The van der Waals surface area contributed by atoms with Crippen molar-refractivity contribution in [3.63, 3.8) is 0 Å². The van der Waals surface area contributed by atoms with E-state index in [0.29, 0.717) is 19.5 Å². The fraction of sp³-hybridized carbons (Fsp3) is 0.273. The highest BCUT2D eigenvalue weighted by Crippen LogP contribution is 2.18. The van der Waals surface area contributed by atoms with Gasteiger partial charge >= 0.3 is 0 Å². The molecule has 1 aromatic carbocycles. The van der Waals surface area contributed by atoms with Crippen LogP contribution in [0.15, 0.2) is 24.3 Å². The number of nitrogens with one attached hydrogen (secondary N) is 2. The molecule has 84 valence electrons. The van der Waals surface area contributed by atoms with Crippen LogP contribution in [0.3, 0.4) is 0 Å². The van der Waals surface area contributed by atoms with Gasteiger partial charge in [0.15, 0.2) is 0 Å². The third-order valence-corrected chi connectivity index (χ3v) is 2.49. The Labute approximate surface area is 93.4 Å². The molecule has 2 amide bonds. The number of carbonyl (C=O) groups is 2. The van der Waals surface area contributed by atoms with Crippen LogP contribution in [0.4, 0.5) is 11.4 Å². The molecule has 0 spiro atoms. The second kappa shape index (κ2) is 4.76. The van der Waals surface area contributed by atoms with Gasteiger partial charge in [-0.05, 0) is 24.3 Å². The normalized spacial score (nSPS) is 16.0. The average Bonchev–Trinajstić information content (AvgIpc) is 2.31. The van der Waals surface area contributed by atoms with Gasteiger partial charge in [0.2, 0.25) is 12.3 Å². The van der Waals surface area contributed by atoms with Crippen LogP contribution in [0.25, 0.3) is 0 Å². The number of rotatable bonds is 3. The third kappa shape index (κ3) is 2.20. The summed E-state index contributed by atoms with van der Waals surface area (Å²) >= 11 is 0. The summed E-state index contributed by atoms with van der Waals surface area (Å²) in [4.78, 5) is 23.6. The second-order valence-corrected chi connectivity index (χ2v) is 3.53. The highest BCUT2D eigenvalue weighted by atomic mass is 16.2. The molecule has 1 aliphatic rings. The van der Waals surface area contributed by atoms with Crippen molar-refractivity contribution in [1.29, 1.82) is 0 Å². The first-order valence-electron chi connectivity index (χ1n) is 5.12. The first-order chi connectivity index (χ1) is 7.81. The minimum atomic E-state index is 0.0716. The van der Waals surface area contributed by atoms with E-state index in [1.807, 2.05) is 12.1 Å². The Hall–Kier alpha value is -1.88. The Bertz CT molecular complexity index is 389. The van der Waals surface area contributed by atoms with Crippen LogP contribution in [0.2, 0.25) is 0 Å². The standard InChI is InChI=1S/C11H13N3O2/c15-8-13-9-1-3-10(4-2-9)14-6-5-12-7-11(14)16/h1-4,8,12H,5-7H2,(H,13,15). The van der Waals surface area contributed by atoms with Crippen molar-refractivity contribution >= 4 is 23.7 Å². The number of amides is 2. The molecule has 16 heavy (non-hydrogen) atoms. The minimum Gasteiger partial charge on any atom is -0.329 e. The molecule has 0 aliphatic carbocycles. The molecular weight excluding hydrogens is 206 g/mol. The molecule has 0 bridgehead atoms. The summed E-state index contributed by atoms with van der Waals surface area (Å²) in [5.41, 5.74) is 1.59. The summed E-state index contributed by atoms with van der Waals surface area (Å²) in [6.45, 7) is 1.87. The second-order valence-electron chi connectivity index (χ2n) is 3.53. The maximum Gasteiger partial charge on any atom is 0.240 e. The monoisotopic (exact) mass is 219 g/mol. The lowest BCUT2D eigenvalue weighted by molar-refractivity contribution is -0.118. The van der Waals surface area contributed by atoms with Crippen LogP contribution >= 0.6 is 0 Å². The van der Waals surface area contributed by atoms with Crippen molar-refractivity contribution in [2.75, 3.05) is 29.9 Å². The quantitative estimate of drug-likeness (QED) is 0.713. The number of nitrogens with zero attached hydrogens (tertiary/aromatic N) is 1. The molecule has 1 saturated heterocycles. The Morgan fingerprint density at radius 3 is 2.69 bits per heavy atom. The maximum absolute atomic E-state index is 11.6. The zero-order chi connectivity index (χ0) is 11.4. The van der Waals surface area contributed by atoms with E-state index >= 15 is 0 Å². The van der Waals surface area contributed by atoms with Crippen LogP contribution < -0.4 is 15.5 Å². The Morgan fingerprint density at radius 1 is 1.31 bits per heavy atom. The van der Waals surface area contributed by atoms with Gasteiger partial charge in [-0.3, -0.25) is 9.59 Å². The summed E-state index contributed by atoms with van der Waals surface area (Å²) in [6.07, 6.45) is 0.630. The Balaban J connectivity index is 2.13. The highest BCUT2D eigenvalue weighted by Gasteiger charge is 2.18. The molecule has 1 heterocycles. The van der Waals surface area contributed by atoms with E-state index in [2.05, 4.69) is 10.6 Å². The Kier molecular flexibility index (Phi) is 3.16. The van der Waals surface area contributed by atoms with E-state index in [9.17, 15) is 9.59 Å². The first kappa shape index (κ1) is 10.6. The van der Waals surface area contributed by atoms with Gasteiger partial charge in [-0.2, -0.15) is 0 Å². The van der Waals surface area contributed by atoms with E-state index in [1.165, 1.54) is 0 Å². The Morgan fingerprint density at radius 2 is 2.06 bits per heavy atom. The largest absolute Gasteiger partial charge is 0.329 e. The van der Waals surface area contributed by atoms with E-state index in [4.69, 9.17) is 0 Å². The molecule has 2 N–H and O–H groups in total. The zero-order valence-corrected chi connectivity index (χ0v) is 8.77.